The molecule has 1 aromatic rings. The number of amides is 2. The van der Waals surface area contributed by atoms with Gasteiger partial charge in [-0.3, -0.25) is 10.1 Å². The van der Waals surface area contributed by atoms with Crippen LogP contribution in [0, 0.1) is 5.41 Å². The van der Waals surface area contributed by atoms with Gasteiger partial charge >= 0.3 is 6.09 Å². The molecule has 0 aromatic heterocycles. The number of aryl methyl sites for hydroxylation is 1. The van der Waals surface area contributed by atoms with Crippen LogP contribution in [0.25, 0.3) is 0 Å². The first-order chi connectivity index (χ1) is 10.5. The van der Waals surface area contributed by atoms with Crippen molar-refractivity contribution >= 4 is 23.4 Å². The standard InChI is InChI=1S/C16H19N3O3/c1-3-22-15(21)17-11-4-5-12-10(8-11)6-7-16(2)9-13(20)18-19-14(12)16/h4-5,8H,3,6-7,9H2,1-2H3,(H,17,21)(H,18,20). The van der Waals surface area contributed by atoms with Crippen LogP contribution < -0.4 is 10.7 Å². The van der Waals surface area contributed by atoms with Gasteiger partial charge in [-0.05, 0) is 37.5 Å². The average molecular weight is 301 g/mol. The summed E-state index contributed by atoms with van der Waals surface area (Å²) in [6.07, 6.45) is 1.74. The van der Waals surface area contributed by atoms with Crippen molar-refractivity contribution in [3.63, 3.8) is 0 Å². The molecule has 0 fully saturated rings. The van der Waals surface area contributed by atoms with E-state index < -0.39 is 6.09 Å². The highest BCUT2D eigenvalue weighted by molar-refractivity contribution is 6.10. The third-order valence-electron chi connectivity index (χ3n) is 4.24. The fraction of sp³-hybridized carbons (Fsp3) is 0.438. The summed E-state index contributed by atoms with van der Waals surface area (Å²) in [4.78, 5) is 23.1. The van der Waals surface area contributed by atoms with Gasteiger partial charge in [0.05, 0.1) is 12.3 Å². The lowest BCUT2D eigenvalue weighted by Crippen LogP contribution is -2.43. The van der Waals surface area contributed by atoms with Crippen molar-refractivity contribution in [1.29, 1.82) is 0 Å². The first kappa shape index (κ1) is 14.6. The van der Waals surface area contributed by atoms with Crippen LogP contribution in [-0.4, -0.2) is 24.3 Å². The topological polar surface area (TPSA) is 79.8 Å². The second-order valence-corrected chi connectivity index (χ2v) is 5.95. The fourth-order valence-electron chi connectivity index (χ4n) is 3.13. The number of anilines is 1. The number of benzene rings is 1. The summed E-state index contributed by atoms with van der Waals surface area (Å²) in [5, 5.41) is 6.98. The second kappa shape index (κ2) is 5.44. The Balaban J connectivity index is 1.89. The molecule has 6 nitrogen and oxygen atoms in total. The van der Waals surface area contributed by atoms with Crippen LogP contribution in [0.15, 0.2) is 23.3 Å². The molecule has 1 atom stereocenters. The van der Waals surface area contributed by atoms with E-state index in [4.69, 9.17) is 4.74 Å². The number of hydrazone groups is 1. The zero-order valence-electron chi connectivity index (χ0n) is 12.7. The lowest BCUT2D eigenvalue weighted by Gasteiger charge is -2.38. The molecule has 1 aliphatic heterocycles. The van der Waals surface area contributed by atoms with E-state index in [0.717, 1.165) is 29.7 Å². The number of ether oxygens (including phenoxy) is 1. The maximum Gasteiger partial charge on any atom is 0.411 e. The Kier molecular flexibility index (Phi) is 3.60. The number of hydrogen-bond donors (Lipinski definition) is 2. The molecule has 0 bridgehead atoms. The quantitative estimate of drug-likeness (QED) is 0.880. The lowest BCUT2D eigenvalue weighted by atomic mass is 9.68. The normalized spacial score (nSPS) is 22.8. The smallest absolute Gasteiger partial charge is 0.411 e. The SMILES string of the molecule is CCOC(=O)Nc1ccc2c(c1)CCC1(C)CC(=O)NN=C21. The molecule has 0 spiro atoms. The molecule has 1 unspecified atom stereocenters. The molecule has 0 saturated heterocycles. The van der Waals surface area contributed by atoms with Crippen LogP contribution in [-0.2, 0) is 16.0 Å². The molecule has 1 heterocycles. The van der Waals surface area contributed by atoms with Crippen LogP contribution in [0.2, 0.25) is 0 Å². The van der Waals surface area contributed by atoms with Gasteiger partial charge in [-0.2, -0.15) is 5.10 Å². The minimum Gasteiger partial charge on any atom is -0.450 e. The van der Waals surface area contributed by atoms with Crippen LogP contribution >= 0.6 is 0 Å². The van der Waals surface area contributed by atoms with Crippen molar-refractivity contribution in [2.24, 2.45) is 10.5 Å². The third-order valence-corrected chi connectivity index (χ3v) is 4.24. The van der Waals surface area contributed by atoms with E-state index in [1.165, 1.54) is 0 Å². The molecule has 0 saturated carbocycles. The zero-order chi connectivity index (χ0) is 15.7. The van der Waals surface area contributed by atoms with E-state index in [1.54, 1.807) is 6.92 Å². The molecular formula is C16H19N3O3. The molecule has 3 rings (SSSR count). The van der Waals surface area contributed by atoms with E-state index in [9.17, 15) is 9.59 Å². The zero-order valence-corrected chi connectivity index (χ0v) is 12.7. The first-order valence-electron chi connectivity index (χ1n) is 7.46. The minimum absolute atomic E-state index is 0.0321. The van der Waals surface area contributed by atoms with Crippen molar-refractivity contribution in [1.82, 2.24) is 5.43 Å². The summed E-state index contributed by atoms with van der Waals surface area (Å²) >= 11 is 0. The number of hydrogen-bond acceptors (Lipinski definition) is 4. The predicted octanol–water partition coefficient (Wildman–Crippen LogP) is 2.43. The van der Waals surface area contributed by atoms with Crippen molar-refractivity contribution in [2.75, 3.05) is 11.9 Å². The summed E-state index contributed by atoms with van der Waals surface area (Å²) in [6.45, 7) is 4.19. The van der Waals surface area contributed by atoms with Gasteiger partial charge in [0.2, 0.25) is 5.91 Å². The molecule has 116 valence electrons. The Morgan fingerprint density at radius 3 is 3.09 bits per heavy atom. The number of nitrogens with zero attached hydrogens (tertiary/aromatic N) is 1. The Labute approximate surface area is 128 Å². The van der Waals surface area contributed by atoms with Crippen LogP contribution in [0.3, 0.4) is 0 Å². The Morgan fingerprint density at radius 1 is 1.50 bits per heavy atom. The number of nitrogens with one attached hydrogen (secondary N) is 2. The van der Waals surface area contributed by atoms with Gasteiger partial charge < -0.3 is 4.74 Å². The van der Waals surface area contributed by atoms with Gasteiger partial charge in [0, 0.05) is 23.1 Å². The Hall–Kier alpha value is -2.37. The van der Waals surface area contributed by atoms with E-state index in [1.807, 2.05) is 18.2 Å². The van der Waals surface area contributed by atoms with Crippen LogP contribution in [0.4, 0.5) is 10.5 Å². The van der Waals surface area contributed by atoms with E-state index in [-0.39, 0.29) is 11.3 Å². The lowest BCUT2D eigenvalue weighted by molar-refractivity contribution is -0.123. The van der Waals surface area contributed by atoms with Gasteiger partial charge in [0.25, 0.3) is 0 Å². The highest BCUT2D eigenvalue weighted by atomic mass is 16.5. The molecule has 22 heavy (non-hydrogen) atoms. The van der Waals surface area contributed by atoms with Crippen LogP contribution in [0.5, 0.6) is 0 Å². The highest BCUT2D eigenvalue weighted by Crippen LogP contribution is 2.40. The molecule has 1 aromatic carbocycles. The summed E-state index contributed by atoms with van der Waals surface area (Å²) in [6, 6.07) is 5.73. The van der Waals surface area contributed by atoms with Crippen molar-refractivity contribution in [2.45, 2.75) is 33.1 Å². The second-order valence-electron chi connectivity index (χ2n) is 5.95. The average Bonchev–Trinajstić information content (AvgIpc) is 2.46. The summed E-state index contributed by atoms with van der Waals surface area (Å²) in [5.74, 6) is -0.0321. The molecule has 2 amide bonds. The van der Waals surface area contributed by atoms with E-state index >= 15 is 0 Å². The monoisotopic (exact) mass is 301 g/mol. The molecule has 2 aliphatic rings. The van der Waals surface area contributed by atoms with Crippen LogP contribution in [0.1, 0.15) is 37.8 Å². The van der Waals surface area contributed by atoms with Gasteiger partial charge in [-0.25, -0.2) is 10.2 Å². The molecular weight excluding hydrogens is 282 g/mol. The maximum atomic E-state index is 11.6. The van der Waals surface area contributed by atoms with Crippen molar-refractivity contribution in [3.05, 3.63) is 29.3 Å². The minimum atomic E-state index is -0.453. The Morgan fingerprint density at radius 2 is 2.32 bits per heavy atom. The molecule has 6 heteroatoms. The maximum absolute atomic E-state index is 11.6. The molecule has 2 N–H and O–H groups in total. The number of carbonyl (C=O) groups excluding carboxylic acids is 2. The number of carbonyl (C=O) groups is 2. The number of fused-ring (bicyclic) bond motifs is 3. The first-order valence-corrected chi connectivity index (χ1v) is 7.46. The van der Waals surface area contributed by atoms with Crippen molar-refractivity contribution in [3.8, 4) is 0 Å². The fourth-order valence-corrected chi connectivity index (χ4v) is 3.13. The van der Waals surface area contributed by atoms with Gasteiger partial charge in [0.15, 0.2) is 0 Å². The molecule has 1 aliphatic carbocycles. The van der Waals surface area contributed by atoms with Gasteiger partial charge in [-0.15, -0.1) is 0 Å². The largest absolute Gasteiger partial charge is 0.450 e. The third kappa shape index (κ3) is 2.56. The summed E-state index contributed by atoms with van der Waals surface area (Å²) < 4.78 is 4.88. The highest BCUT2D eigenvalue weighted by Gasteiger charge is 2.40. The Bertz CT molecular complexity index is 669. The van der Waals surface area contributed by atoms with Gasteiger partial charge in [0.1, 0.15) is 0 Å². The number of rotatable bonds is 2. The predicted molar refractivity (Wildman–Crippen MR) is 82.8 cm³/mol. The van der Waals surface area contributed by atoms with E-state index in [0.29, 0.717) is 18.7 Å². The summed E-state index contributed by atoms with van der Waals surface area (Å²) in [5.41, 5.74) is 6.17. The van der Waals surface area contributed by atoms with E-state index in [2.05, 4.69) is 22.8 Å². The molecule has 0 radical (unpaired) electrons. The van der Waals surface area contributed by atoms with Gasteiger partial charge in [-0.1, -0.05) is 13.0 Å². The summed E-state index contributed by atoms with van der Waals surface area (Å²) in [7, 11) is 0. The van der Waals surface area contributed by atoms with Crippen molar-refractivity contribution < 1.29 is 14.3 Å².